The number of esters is 1. The van der Waals surface area contributed by atoms with Crippen LogP contribution in [0.15, 0.2) is 42.5 Å². The molecule has 0 heterocycles. The Balaban J connectivity index is 1.76. The van der Waals surface area contributed by atoms with Gasteiger partial charge < -0.3 is 14.8 Å². The molecule has 0 radical (unpaired) electrons. The number of hydrogen-bond donors (Lipinski definition) is 1. The van der Waals surface area contributed by atoms with Crippen LogP contribution in [0.5, 0.6) is 5.75 Å². The van der Waals surface area contributed by atoms with Crippen molar-refractivity contribution in [2.24, 2.45) is 0 Å². The Kier molecular flexibility index (Phi) is 6.78. The molecule has 1 N–H and O–H groups in total. The van der Waals surface area contributed by atoms with Gasteiger partial charge in [0.05, 0.1) is 13.0 Å². The second-order valence-electron chi connectivity index (χ2n) is 6.35. The molecular formula is C21H25NO4. The molecule has 0 aromatic heterocycles. The van der Waals surface area contributed by atoms with E-state index in [0.29, 0.717) is 11.4 Å². The average Bonchev–Trinajstić information content (AvgIpc) is 2.59. The van der Waals surface area contributed by atoms with E-state index in [9.17, 15) is 9.59 Å². The molecule has 5 heteroatoms. The van der Waals surface area contributed by atoms with Crippen molar-refractivity contribution in [3.8, 4) is 5.75 Å². The zero-order valence-corrected chi connectivity index (χ0v) is 15.7. The fraction of sp³-hybridized carbons (Fsp3) is 0.333. The Labute approximate surface area is 154 Å². The van der Waals surface area contributed by atoms with Gasteiger partial charge in [-0.1, -0.05) is 35.4 Å². The van der Waals surface area contributed by atoms with Crippen LogP contribution in [0.1, 0.15) is 30.0 Å². The molecule has 0 aliphatic carbocycles. The molecule has 0 bridgehead atoms. The summed E-state index contributed by atoms with van der Waals surface area (Å²) in [6.45, 7) is 7.65. The summed E-state index contributed by atoms with van der Waals surface area (Å²) < 4.78 is 10.7. The van der Waals surface area contributed by atoms with Gasteiger partial charge in [-0.05, 0) is 51.5 Å². The molecule has 0 saturated carbocycles. The molecule has 0 fully saturated rings. The third kappa shape index (κ3) is 5.92. The van der Waals surface area contributed by atoms with Crippen LogP contribution in [-0.4, -0.2) is 24.6 Å². The summed E-state index contributed by atoms with van der Waals surface area (Å²) in [5, 5.41) is 2.78. The van der Waals surface area contributed by atoms with Gasteiger partial charge in [-0.2, -0.15) is 0 Å². The summed E-state index contributed by atoms with van der Waals surface area (Å²) in [5.74, 6) is -0.130. The van der Waals surface area contributed by atoms with Gasteiger partial charge in [-0.25, -0.2) is 0 Å². The molecule has 138 valence electrons. The van der Waals surface area contributed by atoms with E-state index < -0.39 is 12.1 Å². The standard InChI is InChI=1S/C21H25NO4/c1-14-5-8-18(9-6-14)25-12-11-20(23)26-17(4)21(24)22-19-10-7-15(2)13-16(19)3/h5-10,13,17H,11-12H2,1-4H3,(H,22,24)/t17-/m0/s1. The molecule has 26 heavy (non-hydrogen) atoms. The first-order chi connectivity index (χ1) is 12.3. The highest BCUT2D eigenvalue weighted by Gasteiger charge is 2.18. The number of hydrogen-bond acceptors (Lipinski definition) is 4. The van der Waals surface area contributed by atoms with Crippen molar-refractivity contribution in [1.29, 1.82) is 0 Å². The highest BCUT2D eigenvalue weighted by molar-refractivity contribution is 5.95. The summed E-state index contributed by atoms with van der Waals surface area (Å²) in [7, 11) is 0. The lowest BCUT2D eigenvalue weighted by Crippen LogP contribution is -2.30. The van der Waals surface area contributed by atoms with Crippen molar-refractivity contribution in [3.05, 3.63) is 59.2 Å². The van der Waals surface area contributed by atoms with Crippen LogP contribution < -0.4 is 10.1 Å². The predicted octanol–water partition coefficient (Wildman–Crippen LogP) is 3.95. The van der Waals surface area contributed by atoms with E-state index in [1.54, 1.807) is 6.92 Å². The first-order valence-corrected chi connectivity index (χ1v) is 8.62. The number of benzene rings is 2. The minimum atomic E-state index is -0.873. The molecule has 0 aliphatic heterocycles. The zero-order valence-electron chi connectivity index (χ0n) is 15.7. The maximum atomic E-state index is 12.2. The smallest absolute Gasteiger partial charge is 0.310 e. The van der Waals surface area contributed by atoms with E-state index in [1.165, 1.54) is 0 Å². The highest BCUT2D eigenvalue weighted by atomic mass is 16.5. The Bertz CT molecular complexity index is 768. The Morgan fingerprint density at radius 3 is 2.31 bits per heavy atom. The molecule has 5 nitrogen and oxygen atoms in total. The van der Waals surface area contributed by atoms with Crippen LogP contribution in [0.25, 0.3) is 0 Å². The molecule has 0 spiro atoms. The number of amides is 1. The van der Waals surface area contributed by atoms with Gasteiger partial charge in [-0.15, -0.1) is 0 Å². The monoisotopic (exact) mass is 355 g/mol. The number of carbonyl (C=O) groups excluding carboxylic acids is 2. The molecular weight excluding hydrogens is 330 g/mol. The van der Waals surface area contributed by atoms with Crippen molar-refractivity contribution in [3.63, 3.8) is 0 Å². The van der Waals surface area contributed by atoms with Crippen LogP contribution in [0, 0.1) is 20.8 Å². The second kappa shape index (κ2) is 9.04. The fourth-order valence-corrected chi connectivity index (χ4v) is 2.38. The van der Waals surface area contributed by atoms with Gasteiger partial charge in [0.1, 0.15) is 5.75 Å². The molecule has 0 aliphatic rings. The number of aryl methyl sites for hydroxylation is 3. The van der Waals surface area contributed by atoms with Crippen LogP contribution in [0.2, 0.25) is 0 Å². The third-order valence-corrected chi connectivity index (χ3v) is 3.91. The Morgan fingerprint density at radius 2 is 1.65 bits per heavy atom. The predicted molar refractivity (Wildman–Crippen MR) is 101 cm³/mol. The number of anilines is 1. The average molecular weight is 355 g/mol. The molecule has 0 unspecified atom stereocenters. The summed E-state index contributed by atoms with van der Waals surface area (Å²) in [6, 6.07) is 13.3. The zero-order chi connectivity index (χ0) is 19.1. The summed E-state index contributed by atoms with van der Waals surface area (Å²) in [4.78, 5) is 24.1. The number of rotatable bonds is 7. The lowest BCUT2D eigenvalue weighted by molar-refractivity contribution is -0.153. The molecule has 1 atom stereocenters. The Morgan fingerprint density at radius 1 is 1.00 bits per heavy atom. The van der Waals surface area contributed by atoms with Crippen LogP contribution in [0.3, 0.4) is 0 Å². The fourth-order valence-electron chi connectivity index (χ4n) is 2.38. The van der Waals surface area contributed by atoms with Gasteiger partial charge in [0, 0.05) is 5.69 Å². The highest BCUT2D eigenvalue weighted by Crippen LogP contribution is 2.16. The first kappa shape index (κ1) is 19.5. The van der Waals surface area contributed by atoms with Crippen LogP contribution in [0.4, 0.5) is 5.69 Å². The van der Waals surface area contributed by atoms with Gasteiger partial charge >= 0.3 is 5.97 Å². The maximum Gasteiger partial charge on any atom is 0.310 e. The molecule has 2 aromatic rings. The second-order valence-corrected chi connectivity index (χ2v) is 6.35. The lowest BCUT2D eigenvalue weighted by atomic mass is 10.1. The topological polar surface area (TPSA) is 64.6 Å². The van der Waals surface area contributed by atoms with E-state index >= 15 is 0 Å². The summed E-state index contributed by atoms with van der Waals surface area (Å²) >= 11 is 0. The summed E-state index contributed by atoms with van der Waals surface area (Å²) in [5.41, 5.74) is 3.93. The minimum absolute atomic E-state index is 0.0784. The number of ether oxygens (including phenoxy) is 2. The van der Waals surface area contributed by atoms with E-state index in [2.05, 4.69) is 5.32 Å². The molecule has 2 rings (SSSR count). The van der Waals surface area contributed by atoms with Crippen molar-refractivity contribution in [2.75, 3.05) is 11.9 Å². The molecule has 2 aromatic carbocycles. The van der Waals surface area contributed by atoms with Crippen molar-refractivity contribution >= 4 is 17.6 Å². The quantitative estimate of drug-likeness (QED) is 0.764. The largest absolute Gasteiger partial charge is 0.493 e. The van der Waals surface area contributed by atoms with E-state index in [4.69, 9.17) is 9.47 Å². The van der Waals surface area contributed by atoms with Gasteiger partial charge in [0.2, 0.25) is 0 Å². The number of nitrogens with one attached hydrogen (secondary N) is 1. The van der Waals surface area contributed by atoms with Crippen LogP contribution >= 0.6 is 0 Å². The number of carbonyl (C=O) groups is 2. The van der Waals surface area contributed by atoms with Crippen molar-refractivity contribution < 1.29 is 19.1 Å². The van der Waals surface area contributed by atoms with Gasteiger partial charge in [0.25, 0.3) is 5.91 Å². The van der Waals surface area contributed by atoms with Crippen LogP contribution in [-0.2, 0) is 14.3 Å². The summed E-state index contributed by atoms with van der Waals surface area (Å²) in [6.07, 6.45) is -0.794. The van der Waals surface area contributed by atoms with Gasteiger partial charge in [0.15, 0.2) is 6.10 Å². The van der Waals surface area contributed by atoms with Gasteiger partial charge in [-0.3, -0.25) is 9.59 Å². The van der Waals surface area contributed by atoms with Crippen molar-refractivity contribution in [1.82, 2.24) is 0 Å². The first-order valence-electron chi connectivity index (χ1n) is 8.62. The van der Waals surface area contributed by atoms with E-state index in [0.717, 1.165) is 16.7 Å². The Hall–Kier alpha value is -2.82. The van der Waals surface area contributed by atoms with E-state index in [-0.39, 0.29) is 18.9 Å². The maximum absolute atomic E-state index is 12.2. The SMILES string of the molecule is Cc1ccc(OCCC(=O)O[C@@H](C)C(=O)Nc2ccc(C)cc2C)cc1. The minimum Gasteiger partial charge on any atom is -0.493 e. The normalized spacial score (nSPS) is 11.5. The lowest BCUT2D eigenvalue weighted by Gasteiger charge is -2.15. The van der Waals surface area contributed by atoms with E-state index in [1.807, 2.05) is 63.2 Å². The van der Waals surface area contributed by atoms with Crippen molar-refractivity contribution in [2.45, 2.75) is 40.2 Å². The third-order valence-electron chi connectivity index (χ3n) is 3.91. The molecule has 1 amide bonds. The molecule has 0 saturated heterocycles.